The SMILES string of the molecule is COC(=O)c1ccc2c(=O)[nH]c(CN(C)c3cccc(C(C)C)c3)nc2c1. The van der Waals surface area contributed by atoms with Crippen LogP contribution in [-0.4, -0.2) is 30.1 Å². The van der Waals surface area contributed by atoms with Crippen LogP contribution in [0, 0.1) is 0 Å². The van der Waals surface area contributed by atoms with Crippen molar-refractivity contribution in [1.82, 2.24) is 9.97 Å². The first-order valence-electron chi connectivity index (χ1n) is 8.81. The maximum absolute atomic E-state index is 12.4. The Bertz CT molecular complexity index is 1040. The predicted molar refractivity (Wildman–Crippen MR) is 106 cm³/mol. The summed E-state index contributed by atoms with van der Waals surface area (Å²) >= 11 is 0. The average Bonchev–Trinajstić information content (AvgIpc) is 2.66. The van der Waals surface area contributed by atoms with Gasteiger partial charge in [0.05, 0.1) is 30.1 Å². The van der Waals surface area contributed by atoms with Gasteiger partial charge < -0.3 is 14.6 Å². The highest BCUT2D eigenvalue weighted by atomic mass is 16.5. The zero-order chi connectivity index (χ0) is 19.6. The molecular weight excluding hydrogens is 342 g/mol. The first-order valence-corrected chi connectivity index (χ1v) is 8.81. The molecule has 3 rings (SSSR count). The first kappa shape index (κ1) is 18.6. The van der Waals surface area contributed by atoms with Crippen LogP contribution in [0.2, 0.25) is 0 Å². The number of carbonyl (C=O) groups excluding carboxylic acids is 1. The summed E-state index contributed by atoms with van der Waals surface area (Å²) in [4.78, 5) is 33.5. The summed E-state index contributed by atoms with van der Waals surface area (Å²) in [5.74, 6) is 0.517. The Hall–Kier alpha value is -3.15. The van der Waals surface area contributed by atoms with Crippen molar-refractivity contribution >= 4 is 22.6 Å². The number of ether oxygens (including phenoxy) is 1. The Morgan fingerprint density at radius 1 is 1.22 bits per heavy atom. The van der Waals surface area contributed by atoms with Gasteiger partial charge in [-0.25, -0.2) is 9.78 Å². The molecule has 0 saturated heterocycles. The number of carbonyl (C=O) groups is 1. The van der Waals surface area contributed by atoms with Crippen LogP contribution in [0.1, 0.15) is 41.5 Å². The van der Waals surface area contributed by atoms with Gasteiger partial charge in [-0.3, -0.25) is 4.79 Å². The van der Waals surface area contributed by atoms with Gasteiger partial charge in [0, 0.05) is 12.7 Å². The summed E-state index contributed by atoms with van der Waals surface area (Å²) in [5.41, 5.74) is 2.91. The highest BCUT2D eigenvalue weighted by Gasteiger charge is 2.11. The fraction of sp³-hybridized carbons (Fsp3) is 0.286. The quantitative estimate of drug-likeness (QED) is 0.701. The lowest BCUT2D eigenvalue weighted by atomic mass is 10.0. The molecule has 2 aromatic carbocycles. The van der Waals surface area contributed by atoms with Gasteiger partial charge in [0.15, 0.2) is 0 Å². The number of H-pyrrole nitrogens is 1. The molecule has 6 heteroatoms. The van der Waals surface area contributed by atoms with Crippen LogP contribution < -0.4 is 10.5 Å². The second kappa shape index (κ2) is 7.61. The van der Waals surface area contributed by atoms with Gasteiger partial charge in [0.2, 0.25) is 0 Å². The molecule has 0 unspecified atom stereocenters. The zero-order valence-electron chi connectivity index (χ0n) is 15.9. The smallest absolute Gasteiger partial charge is 0.337 e. The Labute approximate surface area is 157 Å². The summed E-state index contributed by atoms with van der Waals surface area (Å²) in [6, 6.07) is 13.0. The lowest BCUT2D eigenvalue weighted by Gasteiger charge is -2.20. The standard InChI is InChI=1S/C21H23N3O3/c1-13(2)14-6-5-7-16(10-14)24(3)12-19-22-18-11-15(21(26)27-4)8-9-17(18)20(25)23-19/h5-11,13H,12H2,1-4H3,(H,22,23,25). The third-order valence-corrected chi connectivity index (χ3v) is 4.54. The van der Waals surface area contributed by atoms with E-state index in [0.717, 1.165) is 5.69 Å². The van der Waals surface area contributed by atoms with Crippen molar-refractivity contribution in [2.75, 3.05) is 19.1 Å². The number of esters is 1. The number of nitrogens with zero attached hydrogens (tertiary/aromatic N) is 2. The molecule has 0 saturated carbocycles. The number of rotatable bonds is 5. The number of aromatic amines is 1. The third-order valence-electron chi connectivity index (χ3n) is 4.54. The molecule has 0 atom stereocenters. The van der Waals surface area contributed by atoms with E-state index in [1.54, 1.807) is 18.2 Å². The van der Waals surface area contributed by atoms with Gasteiger partial charge in [0.1, 0.15) is 5.82 Å². The van der Waals surface area contributed by atoms with Crippen molar-refractivity contribution in [2.45, 2.75) is 26.3 Å². The summed E-state index contributed by atoms with van der Waals surface area (Å²) in [6.45, 7) is 4.75. The molecule has 0 aliphatic rings. The number of aromatic nitrogens is 2. The van der Waals surface area contributed by atoms with Crippen LogP contribution in [0.4, 0.5) is 5.69 Å². The van der Waals surface area contributed by atoms with Crippen molar-refractivity contribution in [3.05, 3.63) is 69.8 Å². The topological polar surface area (TPSA) is 75.3 Å². The number of nitrogens with one attached hydrogen (secondary N) is 1. The number of anilines is 1. The minimum atomic E-state index is -0.455. The lowest BCUT2D eigenvalue weighted by Crippen LogP contribution is -2.21. The average molecular weight is 365 g/mol. The van der Waals surface area contributed by atoms with Crippen LogP contribution in [0.5, 0.6) is 0 Å². The maximum atomic E-state index is 12.4. The first-order chi connectivity index (χ1) is 12.9. The fourth-order valence-corrected chi connectivity index (χ4v) is 2.94. The van der Waals surface area contributed by atoms with Crippen LogP contribution in [0.15, 0.2) is 47.3 Å². The molecule has 1 aromatic heterocycles. The molecular formula is C21H23N3O3. The molecule has 0 spiro atoms. The number of hydrogen-bond donors (Lipinski definition) is 1. The maximum Gasteiger partial charge on any atom is 0.337 e. The minimum Gasteiger partial charge on any atom is -0.465 e. The summed E-state index contributed by atoms with van der Waals surface area (Å²) in [6.07, 6.45) is 0. The van der Waals surface area contributed by atoms with E-state index in [1.165, 1.54) is 12.7 Å². The molecule has 0 aliphatic carbocycles. The van der Waals surface area contributed by atoms with Gasteiger partial charge in [-0.05, 0) is 41.8 Å². The van der Waals surface area contributed by atoms with E-state index in [1.807, 2.05) is 24.1 Å². The Morgan fingerprint density at radius 2 is 2.00 bits per heavy atom. The highest BCUT2D eigenvalue weighted by Crippen LogP contribution is 2.22. The summed E-state index contributed by atoms with van der Waals surface area (Å²) in [5, 5.41) is 0.441. The van der Waals surface area contributed by atoms with E-state index in [2.05, 4.69) is 35.9 Å². The molecule has 0 fully saturated rings. The second-order valence-corrected chi connectivity index (χ2v) is 6.84. The van der Waals surface area contributed by atoms with Crippen LogP contribution in [0.3, 0.4) is 0 Å². The normalized spacial score (nSPS) is 11.0. The van der Waals surface area contributed by atoms with Crippen molar-refractivity contribution in [3.8, 4) is 0 Å². The van der Waals surface area contributed by atoms with Crippen LogP contribution >= 0.6 is 0 Å². The number of hydrogen-bond acceptors (Lipinski definition) is 5. The molecule has 0 amide bonds. The largest absolute Gasteiger partial charge is 0.465 e. The van der Waals surface area contributed by atoms with E-state index in [-0.39, 0.29) is 5.56 Å². The minimum absolute atomic E-state index is 0.226. The molecule has 0 aliphatic heterocycles. The van der Waals surface area contributed by atoms with E-state index in [9.17, 15) is 9.59 Å². The van der Waals surface area contributed by atoms with E-state index in [0.29, 0.717) is 34.8 Å². The lowest BCUT2D eigenvalue weighted by molar-refractivity contribution is 0.0601. The van der Waals surface area contributed by atoms with Crippen molar-refractivity contribution in [2.24, 2.45) is 0 Å². The van der Waals surface area contributed by atoms with Crippen LogP contribution in [-0.2, 0) is 11.3 Å². The second-order valence-electron chi connectivity index (χ2n) is 6.84. The van der Waals surface area contributed by atoms with Gasteiger partial charge >= 0.3 is 5.97 Å². The number of methoxy groups -OCH3 is 1. The van der Waals surface area contributed by atoms with Gasteiger partial charge in [-0.1, -0.05) is 26.0 Å². The van der Waals surface area contributed by atoms with Crippen molar-refractivity contribution in [1.29, 1.82) is 0 Å². The van der Waals surface area contributed by atoms with E-state index in [4.69, 9.17) is 4.74 Å². The summed E-state index contributed by atoms with van der Waals surface area (Å²) in [7, 11) is 3.28. The summed E-state index contributed by atoms with van der Waals surface area (Å²) < 4.78 is 4.74. The fourth-order valence-electron chi connectivity index (χ4n) is 2.94. The van der Waals surface area contributed by atoms with Gasteiger partial charge in [0.25, 0.3) is 5.56 Å². The highest BCUT2D eigenvalue weighted by molar-refractivity contribution is 5.93. The predicted octanol–water partition coefficient (Wildman–Crippen LogP) is 3.47. The molecule has 1 N–H and O–H groups in total. The van der Waals surface area contributed by atoms with E-state index < -0.39 is 5.97 Å². The van der Waals surface area contributed by atoms with E-state index >= 15 is 0 Å². The monoisotopic (exact) mass is 365 g/mol. The molecule has 140 valence electrons. The molecule has 27 heavy (non-hydrogen) atoms. The Morgan fingerprint density at radius 3 is 2.70 bits per heavy atom. The van der Waals surface area contributed by atoms with Gasteiger partial charge in [-0.15, -0.1) is 0 Å². The van der Waals surface area contributed by atoms with Crippen molar-refractivity contribution < 1.29 is 9.53 Å². The van der Waals surface area contributed by atoms with Gasteiger partial charge in [-0.2, -0.15) is 0 Å². The van der Waals surface area contributed by atoms with Crippen molar-refractivity contribution in [3.63, 3.8) is 0 Å². The molecule has 1 heterocycles. The Kier molecular flexibility index (Phi) is 5.26. The number of benzene rings is 2. The third kappa shape index (κ3) is 4.00. The zero-order valence-corrected chi connectivity index (χ0v) is 15.9. The molecule has 6 nitrogen and oxygen atoms in total. The molecule has 3 aromatic rings. The number of fused-ring (bicyclic) bond motifs is 1. The molecule has 0 radical (unpaired) electrons. The Balaban J connectivity index is 1.93. The molecule has 0 bridgehead atoms. The van der Waals surface area contributed by atoms with Crippen LogP contribution in [0.25, 0.3) is 10.9 Å².